The number of benzene rings is 1. The predicted molar refractivity (Wildman–Crippen MR) is 81.3 cm³/mol. The molecular formula is C15H22N4O. The van der Waals surface area contributed by atoms with Gasteiger partial charge in [0.05, 0.1) is 18.0 Å². The molecule has 2 aromatic rings. The molecule has 0 aliphatic heterocycles. The van der Waals surface area contributed by atoms with E-state index in [1.807, 2.05) is 31.3 Å². The average molecular weight is 274 g/mol. The van der Waals surface area contributed by atoms with Crippen LogP contribution in [0.1, 0.15) is 30.2 Å². The smallest absolute Gasteiger partial charge is 0.148 e. The van der Waals surface area contributed by atoms with Crippen LogP contribution in [0.5, 0.6) is 0 Å². The van der Waals surface area contributed by atoms with Gasteiger partial charge in [-0.1, -0.05) is 37.6 Å². The van der Waals surface area contributed by atoms with E-state index in [-0.39, 0.29) is 6.61 Å². The second-order valence-electron chi connectivity index (χ2n) is 4.91. The van der Waals surface area contributed by atoms with Gasteiger partial charge in [0.1, 0.15) is 5.82 Å². The number of rotatable bonds is 6. The van der Waals surface area contributed by atoms with Crippen LogP contribution in [0.25, 0.3) is 0 Å². The minimum atomic E-state index is 0.0722. The highest BCUT2D eigenvalue weighted by molar-refractivity contribution is 5.65. The zero-order valence-electron chi connectivity index (χ0n) is 12.1. The Morgan fingerprint density at radius 2 is 1.90 bits per heavy atom. The summed E-state index contributed by atoms with van der Waals surface area (Å²) in [7, 11) is 1.90. The lowest BCUT2D eigenvalue weighted by molar-refractivity contribution is 0.282. The third-order valence-corrected chi connectivity index (χ3v) is 3.31. The molecule has 0 radical (unpaired) electrons. The van der Waals surface area contributed by atoms with Crippen LogP contribution in [0.3, 0.4) is 0 Å². The van der Waals surface area contributed by atoms with Crippen molar-refractivity contribution >= 4 is 11.5 Å². The first-order valence-corrected chi connectivity index (χ1v) is 6.89. The van der Waals surface area contributed by atoms with Gasteiger partial charge in [-0.15, -0.1) is 0 Å². The van der Waals surface area contributed by atoms with Crippen molar-refractivity contribution in [1.29, 1.82) is 0 Å². The molecule has 0 unspecified atom stereocenters. The molecule has 20 heavy (non-hydrogen) atoms. The number of aliphatic hydroxyl groups is 1. The standard InChI is InChI=1S/C15H22N4O/c1-3-4-13-14(16)15(19(2)18-13)17-9-11-5-7-12(10-20)8-6-11/h5-8,17,20H,3-4,9-10,16H2,1-2H3. The minimum Gasteiger partial charge on any atom is -0.394 e. The zero-order valence-corrected chi connectivity index (χ0v) is 12.1. The summed E-state index contributed by atoms with van der Waals surface area (Å²) in [6.45, 7) is 2.87. The van der Waals surface area contributed by atoms with Gasteiger partial charge >= 0.3 is 0 Å². The first-order valence-electron chi connectivity index (χ1n) is 6.89. The van der Waals surface area contributed by atoms with Crippen LogP contribution in [-0.4, -0.2) is 14.9 Å². The molecule has 0 bridgehead atoms. The Morgan fingerprint density at radius 3 is 2.50 bits per heavy atom. The van der Waals surface area contributed by atoms with Crippen molar-refractivity contribution in [2.45, 2.75) is 32.9 Å². The maximum Gasteiger partial charge on any atom is 0.148 e. The molecule has 5 nitrogen and oxygen atoms in total. The summed E-state index contributed by atoms with van der Waals surface area (Å²) in [6.07, 6.45) is 1.93. The van der Waals surface area contributed by atoms with Crippen LogP contribution in [0.15, 0.2) is 24.3 Å². The Hall–Kier alpha value is -2.01. The number of anilines is 2. The summed E-state index contributed by atoms with van der Waals surface area (Å²) in [4.78, 5) is 0. The first kappa shape index (κ1) is 14.4. The molecule has 4 N–H and O–H groups in total. The third-order valence-electron chi connectivity index (χ3n) is 3.31. The number of nitrogen functional groups attached to an aromatic ring is 1. The van der Waals surface area contributed by atoms with E-state index in [2.05, 4.69) is 17.3 Å². The maximum absolute atomic E-state index is 9.02. The van der Waals surface area contributed by atoms with Gasteiger partial charge < -0.3 is 16.2 Å². The number of nitrogens with zero attached hydrogens (tertiary/aromatic N) is 2. The van der Waals surface area contributed by atoms with E-state index in [4.69, 9.17) is 10.8 Å². The van der Waals surface area contributed by atoms with Crippen LogP contribution in [-0.2, 0) is 26.6 Å². The molecule has 1 heterocycles. The number of aryl methyl sites for hydroxylation is 2. The van der Waals surface area contributed by atoms with Gasteiger partial charge in [0, 0.05) is 13.6 Å². The molecule has 1 aromatic carbocycles. The molecule has 0 aliphatic rings. The average Bonchev–Trinajstić information content (AvgIpc) is 2.72. The minimum absolute atomic E-state index is 0.0722. The number of aromatic nitrogens is 2. The Labute approximate surface area is 119 Å². The highest BCUT2D eigenvalue weighted by Gasteiger charge is 2.11. The van der Waals surface area contributed by atoms with E-state index in [0.717, 1.165) is 41.2 Å². The van der Waals surface area contributed by atoms with Crippen molar-refractivity contribution in [3.05, 3.63) is 41.1 Å². The summed E-state index contributed by atoms with van der Waals surface area (Å²) in [5, 5.41) is 16.8. The topological polar surface area (TPSA) is 76.1 Å². The van der Waals surface area contributed by atoms with Gasteiger partial charge in [0.25, 0.3) is 0 Å². The molecule has 5 heteroatoms. The Balaban J connectivity index is 2.06. The Bertz CT molecular complexity index is 560. The molecule has 108 valence electrons. The summed E-state index contributed by atoms with van der Waals surface area (Å²) >= 11 is 0. The van der Waals surface area contributed by atoms with E-state index in [0.29, 0.717) is 6.54 Å². The molecule has 0 amide bonds. The third kappa shape index (κ3) is 3.11. The fraction of sp³-hybridized carbons (Fsp3) is 0.400. The Morgan fingerprint density at radius 1 is 1.25 bits per heavy atom. The Kier molecular flexibility index (Phi) is 4.63. The van der Waals surface area contributed by atoms with Crippen LogP contribution >= 0.6 is 0 Å². The van der Waals surface area contributed by atoms with E-state index < -0.39 is 0 Å². The molecule has 0 fully saturated rings. The number of aliphatic hydroxyl groups excluding tert-OH is 1. The van der Waals surface area contributed by atoms with Crippen LogP contribution in [0.2, 0.25) is 0 Å². The maximum atomic E-state index is 9.02. The highest BCUT2D eigenvalue weighted by atomic mass is 16.3. The monoisotopic (exact) mass is 274 g/mol. The van der Waals surface area contributed by atoms with Crippen LogP contribution < -0.4 is 11.1 Å². The fourth-order valence-electron chi connectivity index (χ4n) is 2.18. The summed E-state index contributed by atoms with van der Waals surface area (Å²) in [5.41, 5.74) is 9.86. The fourth-order valence-corrected chi connectivity index (χ4v) is 2.18. The van der Waals surface area contributed by atoms with Crippen molar-refractivity contribution in [3.63, 3.8) is 0 Å². The second-order valence-corrected chi connectivity index (χ2v) is 4.91. The van der Waals surface area contributed by atoms with Crippen LogP contribution in [0.4, 0.5) is 11.5 Å². The summed E-state index contributed by atoms with van der Waals surface area (Å²) in [5.74, 6) is 0.861. The molecule has 0 spiro atoms. The lowest BCUT2D eigenvalue weighted by Crippen LogP contribution is -2.06. The number of hydrogen-bond acceptors (Lipinski definition) is 4. The van der Waals surface area contributed by atoms with Crippen LogP contribution in [0, 0.1) is 0 Å². The van der Waals surface area contributed by atoms with Crippen molar-refractivity contribution in [3.8, 4) is 0 Å². The quantitative estimate of drug-likeness (QED) is 0.753. The normalized spacial score (nSPS) is 10.8. The highest BCUT2D eigenvalue weighted by Crippen LogP contribution is 2.23. The van der Waals surface area contributed by atoms with E-state index in [1.165, 1.54) is 0 Å². The molecule has 0 saturated carbocycles. The largest absolute Gasteiger partial charge is 0.394 e. The van der Waals surface area contributed by atoms with Crippen molar-refractivity contribution in [1.82, 2.24) is 9.78 Å². The molecule has 0 atom stereocenters. The lowest BCUT2D eigenvalue weighted by atomic mass is 10.1. The van der Waals surface area contributed by atoms with Gasteiger partial charge in [0.15, 0.2) is 0 Å². The summed E-state index contributed by atoms with van der Waals surface area (Å²) < 4.78 is 1.79. The molecule has 1 aromatic heterocycles. The van der Waals surface area contributed by atoms with E-state index in [9.17, 15) is 0 Å². The van der Waals surface area contributed by atoms with Gasteiger partial charge in [-0.2, -0.15) is 5.10 Å². The van der Waals surface area contributed by atoms with Gasteiger partial charge in [-0.25, -0.2) is 0 Å². The number of nitrogens with one attached hydrogen (secondary N) is 1. The van der Waals surface area contributed by atoms with Gasteiger partial charge in [-0.05, 0) is 17.5 Å². The molecule has 0 saturated heterocycles. The first-order chi connectivity index (χ1) is 9.65. The van der Waals surface area contributed by atoms with Crippen molar-refractivity contribution < 1.29 is 5.11 Å². The number of nitrogens with two attached hydrogens (primary N) is 1. The zero-order chi connectivity index (χ0) is 14.5. The molecule has 0 aliphatic carbocycles. The summed E-state index contributed by atoms with van der Waals surface area (Å²) in [6, 6.07) is 7.84. The van der Waals surface area contributed by atoms with Crippen molar-refractivity contribution in [2.75, 3.05) is 11.1 Å². The molecule has 2 rings (SSSR count). The van der Waals surface area contributed by atoms with Gasteiger partial charge in [-0.3, -0.25) is 4.68 Å². The van der Waals surface area contributed by atoms with Gasteiger partial charge in [0.2, 0.25) is 0 Å². The predicted octanol–water partition coefficient (Wildman–Crippen LogP) is 2.06. The number of hydrogen-bond donors (Lipinski definition) is 3. The SMILES string of the molecule is CCCc1nn(C)c(NCc2ccc(CO)cc2)c1N. The lowest BCUT2D eigenvalue weighted by Gasteiger charge is -2.08. The second kappa shape index (κ2) is 6.43. The van der Waals surface area contributed by atoms with E-state index in [1.54, 1.807) is 4.68 Å². The van der Waals surface area contributed by atoms with Crippen molar-refractivity contribution in [2.24, 2.45) is 7.05 Å². The van der Waals surface area contributed by atoms with E-state index >= 15 is 0 Å². The molecular weight excluding hydrogens is 252 g/mol.